The molecule has 0 radical (unpaired) electrons. The summed E-state index contributed by atoms with van der Waals surface area (Å²) in [6.45, 7) is 3.42. The van der Waals surface area contributed by atoms with E-state index in [0.29, 0.717) is 12.8 Å². The van der Waals surface area contributed by atoms with Crippen molar-refractivity contribution in [3.05, 3.63) is 58.2 Å². The molecular weight excluding hydrogens is 428 g/mol. The van der Waals surface area contributed by atoms with E-state index in [1.165, 1.54) is 12.1 Å². The third kappa shape index (κ3) is 4.49. The van der Waals surface area contributed by atoms with Crippen molar-refractivity contribution in [2.45, 2.75) is 38.2 Å². The lowest BCUT2D eigenvalue weighted by molar-refractivity contribution is 0.0971. The zero-order valence-corrected chi connectivity index (χ0v) is 18.3. The van der Waals surface area contributed by atoms with Crippen LogP contribution in [0.4, 0.5) is 0 Å². The summed E-state index contributed by atoms with van der Waals surface area (Å²) >= 11 is 0. The van der Waals surface area contributed by atoms with Crippen molar-refractivity contribution in [2.75, 3.05) is 11.5 Å². The first-order valence-corrected chi connectivity index (χ1v) is 13.2. The minimum atomic E-state index is -3.59. The molecule has 10 heteroatoms. The molecule has 3 rings (SSSR count). The fourth-order valence-electron chi connectivity index (χ4n) is 3.37. The number of carbonyl (C=O) groups is 2. The van der Waals surface area contributed by atoms with Gasteiger partial charge in [0.15, 0.2) is 19.7 Å². The van der Waals surface area contributed by atoms with Gasteiger partial charge in [-0.05, 0) is 12.8 Å². The number of hydrogen-bond acceptors (Lipinski definition) is 8. The van der Waals surface area contributed by atoms with E-state index in [1.54, 1.807) is 26.0 Å². The average Bonchev–Trinajstić information content (AvgIpc) is 2.66. The highest BCUT2D eigenvalue weighted by Crippen LogP contribution is 2.27. The molecule has 1 heterocycles. The average molecular weight is 451 g/mol. The molecule has 0 aliphatic heterocycles. The van der Waals surface area contributed by atoms with Crippen molar-refractivity contribution in [2.24, 2.45) is 0 Å². The first-order chi connectivity index (χ1) is 14.1. The normalized spacial score (nSPS) is 13.8. The Morgan fingerprint density at radius 1 is 0.700 bits per heavy atom. The van der Waals surface area contributed by atoms with Crippen LogP contribution in [-0.2, 0) is 31.2 Å². The molecule has 30 heavy (non-hydrogen) atoms. The molecule has 0 saturated heterocycles. The van der Waals surface area contributed by atoms with Crippen LogP contribution in [0.15, 0.2) is 24.3 Å². The van der Waals surface area contributed by atoms with E-state index < -0.39 is 42.7 Å². The quantitative estimate of drug-likeness (QED) is 0.509. The van der Waals surface area contributed by atoms with Gasteiger partial charge in [0.25, 0.3) is 0 Å². The summed E-state index contributed by atoms with van der Waals surface area (Å²) in [6, 6.07) is 6.21. The molecule has 0 bridgehead atoms. The summed E-state index contributed by atoms with van der Waals surface area (Å²) in [4.78, 5) is 34.1. The Hall–Kier alpha value is -2.46. The molecule has 8 nitrogen and oxygen atoms in total. The number of benzene rings is 1. The van der Waals surface area contributed by atoms with Gasteiger partial charge in [-0.3, -0.25) is 9.59 Å². The minimum absolute atomic E-state index is 0.0950. The third-order valence-electron chi connectivity index (χ3n) is 4.64. The monoisotopic (exact) mass is 450 g/mol. The highest BCUT2D eigenvalue weighted by atomic mass is 32.2. The molecule has 0 spiro atoms. The van der Waals surface area contributed by atoms with E-state index in [4.69, 9.17) is 0 Å². The second-order valence-corrected chi connectivity index (χ2v) is 11.6. The Labute approximate surface area is 175 Å². The number of carbonyl (C=O) groups excluding carboxylic acids is 2. The summed E-state index contributed by atoms with van der Waals surface area (Å²) in [6.07, 6.45) is 0.768. The van der Waals surface area contributed by atoms with Crippen molar-refractivity contribution < 1.29 is 26.4 Å². The van der Waals surface area contributed by atoms with Crippen molar-refractivity contribution in [3.63, 3.8) is 0 Å². The fraction of sp³-hybridized carbons (Fsp3) is 0.400. The van der Waals surface area contributed by atoms with Gasteiger partial charge >= 0.3 is 0 Å². The van der Waals surface area contributed by atoms with Crippen molar-refractivity contribution >= 4 is 31.2 Å². The number of ketones is 2. The van der Waals surface area contributed by atoms with Gasteiger partial charge < -0.3 is 0 Å². The summed E-state index contributed by atoms with van der Waals surface area (Å²) in [7, 11) is -7.17. The molecule has 160 valence electrons. The van der Waals surface area contributed by atoms with Crippen molar-refractivity contribution in [1.82, 2.24) is 9.97 Å². The molecule has 0 unspecified atom stereocenters. The van der Waals surface area contributed by atoms with Crippen molar-refractivity contribution in [1.29, 1.82) is 0 Å². The van der Waals surface area contributed by atoms with E-state index >= 15 is 0 Å². The van der Waals surface area contributed by atoms with Gasteiger partial charge in [0.2, 0.25) is 11.6 Å². The highest BCUT2D eigenvalue weighted by molar-refractivity contribution is 7.91. The number of hydrogen-bond donors (Lipinski definition) is 0. The number of rotatable bonds is 8. The van der Waals surface area contributed by atoms with E-state index in [2.05, 4.69) is 9.97 Å². The Morgan fingerprint density at radius 2 is 1.07 bits per heavy atom. The summed E-state index contributed by atoms with van der Waals surface area (Å²) in [5.41, 5.74) is -0.338. The van der Waals surface area contributed by atoms with Crippen LogP contribution in [-0.4, -0.2) is 49.9 Å². The molecule has 1 aliphatic carbocycles. The molecule has 0 saturated carbocycles. The molecule has 0 N–H and O–H groups in total. The van der Waals surface area contributed by atoms with Crippen LogP contribution in [0.3, 0.4) is 0 Å². The SMILES string of the molecule is CCCS(=O)(=O)Cc1nc2c(nc1CS(=O)(=O)CCC)C(=O)c1ccccc1C2=O. The number of nitrogens with zero attached hydrogens (tertiary/aromatic N) is 2. The van der Waals surface area contributed by atoms with E-state index in [9.17, 15) is 26.4 Å². The van der Waals surface area contributed by atoms with E-state index in [-0.39, 0.29) is 45.4 Å². The van der Waals surface area contributed by atoms with Crippen LogP contribution in [0.1, 0.15) is 70.2 Å². The second kappa shape index (κ2) is 8.35. The van der Waals surface area contributed by atoms with Crippen LogP contribution in [0.2, 0.25) is 0 Å². The van der Waals surface area contributed by atoms with Gasteiger partial charge in [0, 0.05) is 11.1 Å². The summed E-state index contributed by atoms with van der Waals surface area (Å²) in [5.74, 6) is -2.37. The highest BCUT2D eigenvalue weighted by Gasteiger charge is 2.34. The van der Waals surface area contributed by atoms with Gasteiger partial charge in [0.05, 0.1) is 34.4 Å². The van der Waals surface area contributed by atoms with Crippen LogP contribution >= 0.6 is 0 Å². The Morgan fingerprint density at radius 3 is 1.40 bits per heavy atom. The first-order valence-electron chi connectivity index (χ1n) is 9.57. The second-order valence-electron chi connectivity index (χ2n) is 7.20. The molecule has 0 amide bonds. The zero-order chi connectivity index (χ0) is 22.1. The maximum Gasteiger partial charge on any atom is 0.214 e. The topological polar surface area (TPSA) is 128 Å². The Bertz CT molecular complexity index is 1140. The first kappa shape index (κ1) is 22.2. The molecule has 1 aliphatic rings. The van der Waals surface area contributed by atoms with Gasteiger partial charge in [-0.2, -0.15) is 0 Å². The smallest absolute Gasteiger partial charge is 0.214 e. The van der Waals surface area contributed by atoms with Gasteiger partial charge in [-0.25, -0.2) is 26.8 Å². The predicted octanol–water partition coefficient (Wildman–Crippen LogP) is 1.90. The Kier molecular flexibility index (Phi) is 6.19. The molecule has 1 aromatic heterocycles. The summed E-state index contributed by atoms with van der Waals surface area (Å²) < 4.78 is 49.5. The predicted molar refractivity (Wildman–Crippen MR) is 111 cm³/mol. The van der Waals surface area contributed by atoms with E-state index in [0.717, 1.165) is 0 Å². The summed E-state index contributed by atoms with van der Waals surface area (Å²) in [5, 5.41) is 0. The molecular formula is C20H22N2O6S2. The van der Waals surface area contributed by atoms with Crippen LogP contribution in [0.5, 0.6) is 0 Å². The maximum absolute atomic E-state index is 12.9. The van der Waals surface area contributed by atoms with Gasteiger partial charge in [-0.1, -0.05) is 38.1 Å². The zero-order valence-electron chi connectivity index (χ0n) is 16.7. The third-order valence-corrected chi connectivity index (χ3v) is 8.13. The van der Waals surface area contributed by atoms with Gasteiger partial charge in [0.1, 0.15) is 11.4 Å². The fourth-order valence-corrected chi connectivity index (χ4v) is 6.20. The standard InChI is InChI=1S/C20H22N2O6S2/c1-3-9-29(25,26)11-15-16(12-30(27,28)10-4-2)22-18-17(21-15)19(23)13-7-5-6-8-14(13)20(18)24/h5-8H,3-4,9-12H2,1-2H3. The maximum atomic E-state index is 12.9. The Balaban J connectivity index is 2.18. The lowest BCUT2D eigenvalue weighted by Crippen LogP contribution is -2.27. The lowest BCUT2D eigenvalue weighted by Gasteiger charge is -2.18. The largest absolute Gasteiger partial charge is 0.287 e. The minimum Gasteiger partial charge on any atom is -0.287 e. The van der Waals surface area contributed by atoms with Crippen molar-refractivity contribution in [3.8, 4) is 0 Å². The molecule has 2 aromatic rings. The van der Waals surface area contributed by atoms with Crippen LogP contribution in [0.25, 0.3) is 0 Å². The molecule has 0 atom stereocenters. The van der Waals surface area contributed by atoms with Crippen LogP contribution in [0, 0.1) is 0 Å². The van der Waals surface area contributed by atoms with Crippen LogP contribution < -0.4 is 0 Å². The van der Waals surface area contributed by atoms with E-state index in [1.807, 2.05) is 0 Å². The van der Waals surface area contributed by atoms with Gasteiger partial charge in [-0.15, -0.1) is 0 Å². The lowest BCUT2D eigenvalue weighted by atomic mass is 9.89. The number of aromatic nitrogens is 2. The number of fused-ring (bicyclic) bond motifs is 2. The number of sulfone groups is 2. The molecule has 1 aromatic carbocycles. The molecule has 0 fully saturated rings.